The van der Waals surface area contributed by atoms with Crippen molar-refractivity contribution in [2.45, 2.75) is 63.0 Å². The van der Waals surface area contributed by atoms with Crippen LogP contribution in [0.3, 0.4) is 0 Å². The minimum absolute atomic E-state index is 0.219. The molecule has 1 heterocycles. The fraction of sp³-hybridized carbons (Fsp3) is 0.619. The third-order valence-electron chi connectivity index (χ3n) is 5.52. The van der Waals surface area contributed by atoms with E-state index >= 15 is 0 Å². The van der Waals surface area contributed by atoms with Gasteiger partial charge in [-0.05, 0) is 37.3 Å². The van der Waals surface area contributed by atoms with Gasteiger partial charge in [-0.25, -0.2) is 9.59 Å². The molecule has 3 rings (SSSR count). The highest BCUT2D eigenvalue weighted by Crippen LogP contribution is 2.41. The zero-order valence-electron chi connectivity index (χ0n) is 16.9. The number of amides is 2. The van der Waals surface area contributed by atoms with Gasteiger partial charge in [-0.1, -0.05) is 38.3 Å². The largest absolute Gasteiger partial charge is 0.464 e. The fourth-order valence-electron chi connectivity index (χ4n) is 4.07. The molecule has 0 aromatic heterocycles. The van der Waals surface area contributed by atoms with E-state index in [1.165, 1.54) is 34.9 Å². The summed E-state index contributed by atoms with van der Waals surface area (Å²) in [4.78, 5) is 27.2. The average Bonchev–Trinajstić information content (AvgIpc) is 3.17. The topological polar surface area (TPSA) is 58.6 Å². The summed E-state index contributed by atoms with van der Waals surface area (Å²) in [5.41, 5.74) is -1.22. The van der Waals surface area contributed by atoms with Gasteiger partial charge in [0, 0.05) is 5.75 Å². The summed E-state index contributed by atoms with van der Waals surface area (Å²) in [5.74, 6) is 0.108. The maximum atomic E-state index is 13.3. The van der Waals surface area contributed by atoms with Crippen LogP contribution in [0.1, 0.15) is 51.0 Å². The highest BCUT2D eigenvalue weighted by atomic mass is 32.2. The van der Waals surface area contributed by atoms with E-state index in [2.05, 4.69) is 5.32 Å². The number of para-hydroxylation sites is 1. The highest BCUT2D eigenvalue weighted by molar-refractivity contribution is 8.00. The molecule has 1 N–H and O–H groups in total. The summed E-state index contributed by atoms with van der Waals surface area (Å²) in [7, 11) is 0. The van der Waals surface area contributed by atoms with E-state index in [9.17, 15) is 22.8 Å². The van der Waals surface area contributed by atoms with Crippen LogP contribution in [0.2, 0.25) is 0 Å². The number of benzene rings is 1. The van der Waals surface area contributed by atoms with Crippen LogP contribution >= 0.6 is 11.8 Å². The molecule has 166 valence electrons. The zero-order chi connectivity index (χ0) is 21.7. The molecule has 2 atom stereocenters. The van der Waals surface area contributed by atoms with Crippen LogP contribution in [0, 0.1) is 5.92 Å². The lowest BCUT2D eigenvalue weighted by molar-refractivity contribution is -0.148. The second kappa shape index (κ2) is 9.94. The number of anilines is 1. The first kappa shape index (κ1) is 22.8. The summed E-state index contributed by atoms with van der Waals surface area (Å²) in [6.07, 6.45) is 1.20. The van der Waals surface area contributed by atoms with E-state index in [0.717, 1.165) is 38.2 Å². The molecule has 5 nitrogen and oxygen atoms in total. The first-order valence-electron chi connectivity index (χ1n) is 10.4. The Labute approximate surface area is 178 Å². The summed E-state index contributed by atoms with van der Waals surface area (Å²) < 4.78 is 45.3. The Hall–Kier alpha value is -1.90. The molecule has 2 aliphatic rings. The number of carbonyl (C=O) groups excluding carboxylic acids is 2. The summed E-state index contributed by atoms with van der Waals surface area (Å²) in [5, 5.41) is 2.17. The molecule has 1 aliphatic heterocycles. The minimum atomic E-state index is -4.59. The Kier molecular flexibility index (Phi) is 7.55. The van der Waals surface area contributed by atoms with Gasteiger partial charge in [0.05, 0.1) is 23.2 Å². The van der Waals surface area contributed by atoms with E-state index in [4.69, 9.17) is 4.74 Å². The van der Waals surface area contributed by atoms with Gasteiger partial charge in [-0.3, -0.25) is 4.90 Å². The average molecular weight is 445 g/mol. The molecule has 1 aromatic rings. The second-order valence-electron chi connectivity index (χ2n) is 7.69. The zero-order valence-corrected chi connectivity index (χ0v) is 17.7. The van der Waals surface area contributed by atoms with E-state index in [1.54, 1.807) is 0 Å². The molecule has 0 radical (unpaired) electrons. The van der Waals surface area contributed by atoms with Crippen molar-refractivity contribution in [2.75, 3.05) is 17.7 Å². The van der Waals surface area contributed by atoms with Crippen molar-refractivity contribution >= 4 is 29.4 Å². The molecule has 30 heavy (non-hydrogen) atoms. The van der Waals surface area contributed by atoms with E-state index < -0.39 is 29.8 Å². The molecule has 9 heteroatoms. The van der Waals surface area contributed by atoms with Crippen LogP contribution in [-0.2, 0) is 15.7 Å². The van der Waals surface area contributed by atoms with Crippen molar-refractivity contribution in [3.63, 3.8) is 0 Å². The van der Waals surface area contributed by atoms with Crippen LogP contribution < -0.4 is 5.32 Å². The minimum Gasteiger partial charge on any atom is -0.464 e. The highest BCUT2D eigenvalue weighted by Gasteiger charge is 2.46. The van der Waals surface area contributed by atoms with Crippen LogP contribution in [0.5, 0.6) is 0 Å². The number of carbonyl (C=O) groups is 2. The number of hydrogen-bond acceptors (Lipinski definition) is 4. The van der Waals surface area contributed by atoms with Crippen LogP contribution in [0.4, 0.5) is 23.7 Å². The molecular weight excluding hydrogens is 417 g/mol. The Morgan fingerprint density at radius 2 is 1.90 bits per heavy atom. The van der Waals surface area contributed by atoms with Crippen molar-refractivity contribution in [3.8, 4) is 0 Å². The Bertz CT molecular complexity index is 753. The maximum Gasteiger partial charge on any atom is 0.418 e. The third-order valence-corrected chi connectivity index (χ3v) is 6.98. The first-order valence-corrected chi connectivity index (χ1v) is 11.4. The number of alkyl halides is 3. The maximum absolute atomic E-state index is 13.3. The Morgan fingerprint density at radius 1 is 1.20 bits per heavy atom. The lowest BCUT2D eigenvalue weighted by Gasteiger charge is -2.35. The lowest BCUT2D eigenvalue weighted by Crippen LogP contribution is -2.50. The number of ether oxygens (including phenoxy) is 1. The third kappa shape index (κ3) is 5.22. The molecular formula is C21H27F3N2O3S. The predicted octanol–water partition coefficient (Wildman–Crippen LogP) is 5.51. The molecule has 0 spiro atoms. The van der Waals surface area contributed by atoms with Crippen molar-refractivity contribution in [2.24, 2.45) is 5.92 Å². The number of thioether (sulfide) groups is 1. The van der Waals surface area contributed by atoms with Gasteiger partial charge in [0.2, 0.25) is 0 Å². The number of rotatable bonds is 5. The van der Waals surface area contributed by atoms with Gasteiger partial charge in [-0.2, -0.15) is 13.2 Å². The van der Waals surface area contributed by atoms with E-state index in [0.29, 0.717) is 12.2 Å². The van der Waals surface area contributed by atoms with Crippen molar-refractivity contribution < 1.29 is 27.5 Å². The first-order chi connectivity index (χ1) is 14.3. The Morgan fingerprint density at radius 3 is 2.57 bits per heavy atom. The fourth-order valence-corrected chi connectivity index (χ4v) is 5.69. The van der Waals surface area contributed by atoms with Crippen LogP contribution in [0.15, 0.2) is 24.3 Å². The number of urea groups is 1. The molecule has 1 saturated heterocycles. The van der Waals surface area contributed by atoms with Crippen LogP contribution in [0.25, 0.3) is 0 Å². The number of nitrogens with zero attached hydrogens (tertiary/aromatic N) is 1. The van der Waals surface area contributed by atoms with Gasteiger partial charge < -0.3 is 10.1 Å². The molecule has 1 aliphatic carbocycles. The molecule has 1 aromatic carbocycles. The molecule has 2 fully saturated rings. The number of esters is 1. The number of nitrogens with one attached hydrogen (secondary N) is 1. The van der Waals surface area contributed by atoms with Gasteiger partial charge in [-0.15, -0.1) is 11.8 Å². The van der Waals surface area contributed by atoms with Crippen molar-refractivity contribution in [1.29, 1.82) is 0 Å². The second-order valence-corrected chi connectivity index (χ2v) is 8.84. The lowest BCUT2D eigenvalue weighted by atomic mass is 9.88. The number of hydrogen-bond donors (Lipinski definition) is 1. The molecule has 2 amide bonds. The van der Waals surface area contributed by atoms with Gasteiger partial charge >= 0.3 is 18.2 Å². The molecule has 0 bridgehead atoms. The SMILES string of the molecule is CCCOC(=O)C1CSC(C2CCCCC2)N1C(=O)Nc1ccccc1C(F)(F)F. The number of halogens is 3. The summed E-state index contributed by atoms with van der Waals surface area (Å²) in [6.45, 7) is 2.13. The van der Waals surface area contributed by atoms with Crippen molar-refractivity contribution in [3.05, 3.63) is 29.8 Å². The van der Waals surface area contributed by atoms with Crippen molar-refractivity contribution in [1.82, 2.24) is 4.90 Å². The van der Waals surface area contributed by atoms with Gasteiger partial charge in [0.25, 0.3) is 0 Å². The quantitative estimate of drug-likeness (QED) is 0.608. The van der Waals surface area contributed by atoms with Crippen LogP contribution in [-0.4, -0.2) is 40.7 Å². The summed E-state index contributed by atoms with van der Waals surface area (Å²) in [6, 6.07) is 3.39. The van der Waals surface area contributed by atoms with Gasteiger partial charge in [0.1, 0.15) is 6.04 Å². The van der Waals surface area contributed by atoms with E-state index in [1.807, 2.05) is 6.92 Å². The molecule has 2 unspecified atom stereocenters. The van der Waals surface area contributed by atoms with Gasteiger partial charge in [0.15, 0.2) is 0 Å². The normalized spacial score (nSPS) is 22.7. The predicted molar refractivity (Wildman–Crippen MR) is 110 cm³/mol. The van der Waals surface area contributed by atoms with E-state index in [-0.39, 0.29) is 23.6 Å². The standard InChI is InChI=1S/C21H27F3N2O3S/c1-2-12-29-19(27)17-13-30-18(14-8-4-3-5-9-14)26(17)20(28)25-16-11-7-6-10-15(16)21(22,23)24/h6-7,10-11,14,17-18H,2-5,8-9,12-13H2,1H3,(H,25,28). The molecule has 1 saturated carbocycles. The Balaban J connectivity index is 1.84. The smallest absolute Gasteiger partial charge is 0.418 e. The monoisotopic (exact) mass is 444 g/mol. The summed E-state index contributed by atoms with van der Waals surface area (Å²) >= 11 is 1.52.